The summed E-state index contributed by atoms with van der Waals surface area (Å²) in [5.74, 6) is 3.12. The minimum atomic E-state index is -0.459. The molecule has 0 aromatic heterocycles. The van der Waals surface area contributed by atoms with E-state index in [2.05, 4.69) is 33.5 Å². The van der Waals surface area contributed by atoms with E-state index in [1.807, 2.05) is 25.1 Å². The third kappa shape index (κ3) is 11.0. The largest absolute Gasteiger partial charge is 0.497 e. The molecule has 0 aliphatic carbocycles. The van der Waals surface area contributed by atoms with E-state index in [1.54, 1.807) is 33.2 Å². The topological polar surface area (TPSA) is 54.0 Å². The summed E-state index contributed by atoms with van der Waals surface area (Å²) in [6.45, 7) is 9.29. The molecule has 1 aliphatic rings. The van der Waals surface area contributed by atoms with Crippen molar-refractivity contribution in [3.8, 4) is 12.3 Å². The molecular formula is C25H35Cl2N3O3. The maximum Gasteiger partial charge on any atom is 0.407 e. The van der Waals surface area contributed by atoms with Gasteiger partial charge in [0, 0.05) is 52.7 Å². The molecule has 8 heteroatoms. The Morgan fingerprint density at radius 1 is 1.24 bits per heavy atom. The summed E-state index contributed by atoms with van der Waals surface area (Å²) in [7, 11) is 3.23. The Hall–Kier alpha value is -2.17. The summed E-state index contributed by atoms with van der Waals surface area (Å²) in [6.07, 6.45) is 10.5. The van der Waals surface area contributed by atoms with Gasteiger partial charge in [-0.1, -0.05) is 35.3 Å². The highest BCUT2D eigenvalue weighted by Crippen LogP contribution is 2.29. The van der Waals surface area contributed by atoms with Crippen LogP contribution in [0.4, 0.5) is 4.79 Å². The van der Waals surface area contributed by atoms with Gasteiger partial charge in [-0.05, 0) is 43.7 Å². The van der Waals surface area contributed by atoms with E-state index in [0.717, 1.165) is 50.6 Å². The Morgan fingerprint density at radius 2 is 1.88 bits per heavy atom. The maximum atomic E-state index is 11.8. The van der Waals surface area contributed by atoms with Crippen molar-refractivity contribution in [3.63, 3.8) is 0 Å². The number of halogens is 2. The molecule has 1 unspecified atom stereocenters. The van der Waals surface area contributed by atoms with Crippen LogP contribution in [0.15, 0.2) is 42.2 Å². The van der Waals surface area contributed by atoms with Gasteiger partial charge in [-0.15, -0.1) is 12.3 Å². The highest BCUT2D eigenvalue weighted by atomic mass is 35.5. The average molecular weight is 496 g/mol. The molecule has 1 N–H and O–H groups in total. The summed E-state index contributed by atoms with van der Waals surface area (Å²) >= 11 is 12.2. The van der Waals surface area contributed by atoms with Crippen molar-refractivity contribution in [1.29, 1.82) is 0 Å². The lowest BCUT2D eigenvalue weighted by molar-refractivity contribution is 0.0764. The zero-order chi connectivity index (χ0) is 24.6. The number of carbonyl (C=O) groups is 1. The Kier molecular flexibility index (Phi) is 14.4. The summed E-state index contributed by atoms with van der Waals surface area (Å²) in [5, 5.41) is 3.45. The Labute approximate surface area is 208 Å². The summed E-state index contributed by atoms with van der Waals surface area (Å²) in [6, 6.07) is 5.35. The lowest BCUT2D eigenvalue weighted by atomic mass is 10.1. The lowest BCUT2D eigenvalue weighted by Gasteiger charge is -2.34. The van der Waals surface area contributed by atoms with Crippen LogP contribution in [0.5, 0.6) is 0 Å². The number of nitrogens with zero attached hydrogens (tertiary/aromatic N) is 2. The summed E-state index contributed by atoms with van der Waals surface area (Å²) < 4.78 is 10.8. The van der Waals surface area contributed by atoms with Gasteiger partial charge in [0.05, 0.1) is 17.2 Å². The Balaban J connectivity index is 0.00000172. The maximum absolute atomic E-state index is 11.8. The summed E-state index contributed by atoms with van der Waals surface area (Å²) in [5.41, 5.74) is 0.842. The molecule has 0 spiro atoms. The monoisotopic (exact) mass is 495 g/mol. The fourth-order valence-corrected chi connectivity index (χ4v) is 3.60. The SMILES string of the molecule is C#CC.C/C=C(\C=C/CN1CCN(CCC(OC(=O)NC)c2ccc(Cl)c(Cl)c2)CC1)OC. The molecule has 1 aromatic carbocycles. The first-order valence-corrected chi connectivity index (χ1v) is 11.7. The third-order valence-electron chi connectivity index (χ3n) is 5.11. The lowest BCUT2D eigenvalue weighted by Crippen LogP contribution is -2.46. The molecule has 1 amide bonds. The second-order valence-electron chi connectivity index (χ2n) is 7.33. The average Bonchev–Trinajstić information content (AvgIpc) is 2.82. The van der Waals surface area contributed by atoms with Gasteiger partial charge in [0.2, 0.25) is 0 Å². The molecule has 33 heavy (non-hydrogen) atoms. The Morgan fingerprint density at radius 3 is 2.42 bits per heavy atom. The van der Waals surface area contributed by atoms with Gasteiger partial charge >= 0.3 is 6.09 Å². The molecule has 1 saturated heterocycles. The number of benzene rings is 1. The highest BCUT2D eigenvalue weighted by Gasteiger charge is 2.21. The number of amides is 1. The molecule has 0 bridgehead atoms. The fraction of sp³-hybridized carbons (Fsp3) is 0.480. The van der Waals surface area contributed by atoms with Crippen molar-refractivity contribution in [2.45, 2.75) is 26.4 Å². The van der Waals surface area contributed by atoms with Crippen LogP contribution in [0.2, 0.25) is 10.0 Å². The number of nitrogens with one attached hydrogen (secondary N) is 1. The minimum Gasteiger partial charge on any atom is -0.497 e. The van der Waals surface area contributed by atoms with E-state index in [4.69, 9.17) is 32.7 Å². The number of terminal acetylenes is 1. The number of hydrogen-bond acceptors (Lipinski definition) is 5. The highest BCUT2D eigenvalue weighted by molar-refractivity contribution is 6.42. The minimum absolute atomic E-state index is 0.381. The number of methoxy groups -OCH3 is 1. The van der Waals surface area contributed by atoms with Gasteiger partial charge in [0.25, 0.3) is 0 Å². The predicted molar refractivity (Wildman–Crippen MR) is 137 cm³/mol. The molecule has 1 fully saturated rings. The smallest absolute Gasteiger partial charge is 0.407 e. The van der Waals surface area contributed by atoms with E-state index in [9.17, 15) is 4.79 Å². The Bertz CT molecular complexity index is 829. The summed E-state index contributed by atoms with van der Waals surface area (Å²) in [4.78, 5) is 16.6. The number of piperazine rings is 1. The van der Waals surface area contributed by atoms with E-state index >= 15 is 0 Å². The second-order valence-corrected chi connectivity index (χ2v) is 8.15. The molecule has 182 valence electrons. The standard InChI is InChI=1S/C22H31Cl2N3O3.C3H4/c1-4-18(29-3)6-5-10-26-12-14-27(15-13-26)11-9-21(30-22(28)25-2)17-7-8-19(23)20(24)16-17;1-3-2/h4-8,16,21H,9-15H2,1-3H3,(H,25,28);1H,2H3/b6-5-,18-4+;. The zero-order valence-corrected chi connectivity index (χ0v) is 21.5. The third-order valence-corrected chi connectivity index (χ3v) is 5.85. The van der Waals surface area contributed by atoms with Crippen LogP contribution < -0.4 is 5.32 Å². The van der Waals surface area contributed by atoms with Crippen LogP contribution in [0, 0.1) is 12.3 Å². The van der Waals surface area contributed by atoms with Crippen molar-refractivity contribution in [2.24, 2.45) is 0 Å². The van der Waals surface area contributed by atoms with E-state index in [0.29, 0.717) is 16.5 Å². The first kappa shape index (κ1) is 28.9. The van der Waals surface area contributed by atoms with Gasteiger partial charge in [-0.3, -0.25) is 4.90 Å². The fourth-order valence-electron chi connectivity index (χ4n) is 3.29. The van der Waals surface area contributed by atoms with E-state index < -0.39 is 6.09 Å². The number of alkyl carbamates (subject to hydrolysis) is 1. The van der Waals surface area contributed by atoms with Crippen molar-refractivity contribution in [2.75, 3.05) is 53.4 Å². The number of ether oxygens (including phenoxy) is 2. The molecule has 2 rings (SSSR count). The van der Waals surface area contributed by atoms with Crippen LogP contribution in [-0.2, 0) is 9.47 Å². The molecule has 1 aliphatic heterocycles. The van der Waals surface area contributed by atoms with Crippen LogP contribution >= 0.6 is 23.2 Å². The number of carbonyl (C=O) groups excluding carboxylic acids is 1. The second kappa shape index (κ2) is 16.4. The molecule has 1 atom stereocenters. The first-order valence-electron chi connectivity index (χ1n) is 10.9. The number of hydrogen-bond donors (Lipinski definition) is 1. The molecule has 1 aromatic rings. The van der Waals surface area contributed by atoms with Gasteiger partial charge in [-0.2, -0.15) is 0 Å². The molecule has 1 heterocycles. The number of allylic oxidation sites excluding steroid dienone is 2. The molecule has 0 saturated carbocycles. The van der Waals surface area contributed by atoms with E-state index in [1.165, 1.54) is 0 Å². The van der Waals surface area contributed by atoms with Crippen molar-refractivity contribution in [1.82, 2.24) is 15.1 Å². The molecule has 0 radical (unpaired) electrons. The van der Waals surface area contributed by atoms with Gasteiger partial charge < -0.3 is 19.7 Å². The van der Waals surface area contributed by atoms with Gasteiger partial charge in [-0.25, -0.2) is 4.79 Å². The van der Waals surface area contributed by atoms with Gasteiger partial charge in [0.1, 0.15) is 11.9 Å². The van der Waals surface area contributed by atoms with Crippen molar-refractivity contribution >= 4 is 29.3 Å². The van der Waals surface area contributed by atoms with Crippen molar-refractivity contribution in [3.05, 3.63) is 57.8 Å². The number of rotatable bonds is 9. The van der Waals surface area contributed by atoms with Crippen LogP contribution in [0.1, 0.15) is 31.9 Å². The normalized spacial score (nSPS) is 15.8. The quantitative estimate of drug-likeness (QED) is 0.291. The van der Waals surface area contributed by atoms with E-state index in [-0.39, 0.29) is 6.10 Å². The molecule has 6 nitrogen and oxygen atoms in total. The predicted octanol–water partition coefficient (Wildman–Crippen LogP) is 5.14. The van der Waals surface area contributed by atoms with Crippen LogP contribution in [0.3, 0.4) is 0 Å². The van der Waals surface area contributed by atoms with Crippen LogP contribution in [0.25, 0.3) is 0 Å². The van der Waals surface area contributed by atoms with Gasteiger partial charge in [0.15, 0.2) is 0 Å². The van der Waals surface area contributed by atoms with Crippen LogP contribution in [-0.4, -0.2) is 69.3 Å². The molecular weight excluding hydrogens is 461 g/mol. The van der Waals surface area contributed by atoms with Crippen molar-refractivity contribution < 1.29 is 14.3 Å². The zero-order valence-electron chi connectivity index (χ0n) is 19.9. The first-order chi connectivity index (χ1) is 15.9.